The van der Waals surface area contributed by atoms with Crippen molar-refractivity contribution < 1.29 is 9.47 Å². The number of aryl methyl sites for hydroxylation is 1. The van der Waals surface area contributed by atoms with Gasteiger partial charge in [0.05, 0.1) is 13.7 Å². The Bertz CT molecular complexity index is 324. The summed E-state index contributed by atoms with van der Waals surface area (Å²) in [4.78, 5) is 0. The standard InChI is InChI=1S/C16H27NO2/c1-4-12-19-13-15(17-5-2)9-6-14-7-10-16(18-3)11-8-14/h7-8,10-11,15,17H,4-6,9,12-13H2,1-3H3. The predicted molar refractivity (Wildman–Crippen MR) is 79.9 cm³/mol. The largest absolute Gasteiger partial charge is 0.497 e. The Morgan fingerprint density at radius 3 is 2.47 bits per heavy atom. The molecule has 1 atom stereocenters. The summed E-state index contributed by atoms with van der Waals surface area (Å²) in [5.74, 6) is 0.915. The van der Waals surface area contributed by atoms with Gasteiger partial charge in [0, 0.05) is 12.6 Å². The third-order valence-electron chi connectivity index (χ3n) is 3.10. The first-order valence-electron chi connectivity index (χ1n) is 7.24. The highest BCUT2D eigenvalue weighted by Gasteiger charge is 2.07. The SMILES string of the molecule is CCCOCC(CCc1ccc(OC)cc1)NCC. The molecular weight excluding hydrogens is 238 g/mol. The zero-order valence-electron chi connectivity index (χ0n) is 12.4. The van der Waals surface area contributed by atoms with Crippen LogP contribution in [0.2, 0.25) is 0 Å². The molecule has 0 aromatic heterocycles. The molecular formula is C16H27NO2. The van der Waals surface area contributed by atoms with E-state index in [1.807, 2.05) is 12.1 Å². The van der Waals surface area contributed by atoms with Crippen molar-refractivity contribution >= 4 is 0 Å². The Morgan fingerprint density at radius 2 is 1.89 bits per heavy atom. The zero-order chi connectivity index (χ0) is 13.9. The van der Waals surface area contributed by atoms with Crippen LogP contribution in [0.15, 0.2) is 24.3 Å². The number of hydrogen-bond acceptors (Lipinski definition) is 3. The molecule has 1 aromatic rings. The molecule has 0 aliphatic heterocycles. The minimum atomic E-state index is 0.443. The monoisotopic (exact) mass is 265 g/mol. The van der Waals surface area contributed by atoms with Crippen molar-refractivity contribution in [3.8, 4) is 5.75 Å². The van der Waals surface area contributed by atoms with Crippen LogP contribution in [0.25, 0.3) is 0 Å². The van der Waals surface area contributed by atoms with Crippen LogP contribution in [-0.2, 0) is 11.2 Å². The molecule has 0 aliphatic rings. The van der Waals surface area contributed by atoms with Crippen LogP contribution in [0.4, 0.5) is 0 Å². The molecule has 0 fully saturated rings. The summed E-state index contributed by atoms with van der Waals surface area (Å²) in [5, 5.41) is 3.48. The van der Waals surface area contributed by atoms with Gasteiger partial charge in [0.25, 0.3) is 0 Å². The third-order valence-corrected chi connectivity index (χ3v) is 3.10. The summed E-state index contributed by atoms with van der Waals surface area (Å²) in [6.07, 6.45) is 3.25. The quantitative estimate of drug-likeness (QED) is 0.660. The van der Waals surface area contributed by atoms with Crippen LogP contribution in [0.5, 0.6) is 5.75 Å². The average molecular weight is 265 g/mol. The zero-order valence-corrected chi connectivity index (χ0v) is 12.4. The first-order chi connectivity index (χ1) is 9.30. The second-order valence-electron chi connectivity index (χ2n) is 4.72. The Labute approximate surface area is 117 Å². The van der Waals surface area contributed by atoms with Crippen molar-refractivity contribution in [3.05, 3.63) is 29.8 Å². The highest BCUT2D eigenvalue weighted by Crippen LogP contribution is 2.13. The summed E-state index contributed by atoms with van der Waals surface area (Å²) in [6.45, 7) is 6.92. The van der Waals surface area contributed by atoms with E-state index < -0.39 is 0 Å². The van der Waals surface area contributed by atoms with Crippen molar-refractivity contribution in [1.82, 2.24) is 5.32 Å². The van der Waals surface area contributed by atoms with Gasteiger partial charge in [-0.2, -0.15) is 0 Å². The van der Waals surface area contributed by atoms with Gasteiger partial charge in [0.15, 0.2) is 0 Å². The maximum atomic E-state index is 5.64. The lowest BCUT2D eigenvalue weighted by Gasteiger charge is -2.18. The van der Waals surface area contributed by atoms with E-state index in [1.54, 1.807) is 7.11 Å². The minimum absolute atomic E-state index is 0.443. The van der Waals surface area contributed by atoms with Crippen molar-refractivity contribution in [2.45, 2.75) is 39.2 Å². The van der Waals surface area contributed by atoms with Gasteiger partial charge >= 0.3 is 0 Å². The smallest absolute Gasteiger partial charge is 0.118 e. The Hall–Kier alpha value is -1.06. The van der Waals surface area contributed by atoms with Crippen LogP contribution in [0.1, 0.15) is 32.3 Å². The highest BCUT2D eigenvalue weighted by molar-refractivity contribution is 5.27. The maximum Gasteiger partial charge on any atom is 0.118 e. The van der Waals surface area contributed by atoms with E-state index in [2.05, 4.69) is 31.3 Å². The molecule has 0 aliphatic carbocycles. The van der Waals surface area contributed by atoms with Gasteiger partial charge < -0.3 is 14.8 Å². The van der Waals surface area contributed by atoms with Crippen LogP contribution < -0.4 is 10.1 Å². The van der Waals surface area contributed by atoms with Crippen molar-refractivity contribution in [1.29, 1.82) is 0 Å². The lowest BCUT2D eigenvalue weighted by molar-refractivity contribution is 0.110. The number of hydrogen-bond donors (Lipinski definition) is 1. The summed E-state index contributed by atoms with van der Waals surface area (Å²) in [6, 6.07) is 8.75. The second kappa shape index (κ2) is 9.82. The van der Waals surface area contributed by atoms with E-state index in [1.165, 1.54) is 5.56 Å². The number of likely N-dealkylation sites (N-methyl/N-ethyl adjacent to an activating group) is 1. The maximum absolute atomic E-state index is 5.64. The first kappa shape index (κ1) is 16.0. The fraction of sp³-hybridized carbons (Fsp3) is 0.625. The van der Waals surface area contributed by atoms with E-state index in [9.17, 15) is 0 Å². The van der Waals surface area contributed by atoms with Crippen molar-refractivity contribution in [2.75, 3.05) is 26.9 Å². The molecule has 3 nitrogen and oxygen atoms in total. The molecule has 0 radical (unpaired) electrons. The number of nitrogens with one attached hydrogen (secondary N) is 1. The van der Waals surface area contributed by atoms with Crippen LogP contribution >= 0.6 is 0 Å². The predicted octanol–water partition coefficient (Wildman–Crippen LogP) is 3.03. The summed E-state index contributed by atoms with van der Waals surface area (Å²) < 4.78 is 10.8. The van der Waals surface area contributed by atoms with Crippen molar-refractivity contribution in [3.63, 3.8) is 0 Å². The van der Waals surface area contributed by atoms with Crippen LogP contribution in [0, 0.1) is 0 Å². The molecule has 0 spiro atoms. The number of methoxy groups -OCH3 is 1. The lowest BCUT2D eigenvalue weighted by Crippen LogP contribution is -2.34. The summed E-state index contributed by atoms with van der Waals surface area (Å²) in [7, 11) is 1.70. The summed E-state index contributed by atoms with van der Waals surface area (Å²) >= 11 is 0. The van der Waals surface area contributed by atoms with E-state index in [0.29, 0.717) is 6.04 Å². The van der Waals surface area contributed by atoms with Crippen LogP contribution in [0.3, 0.4) is 0 Å². The van der Waals surface area contributed by atoms with Gasteiger partial charge in [-0.05, 0) is 43.5 Å². The molecule has 108 valence electrons. The van der Waals surface area contributed by atoms with Gasteiger partial charge in [-0.25, -0.2) is 0 Å². The third kappa shape index (κ3) is 6.60. The Kier molecular flexibility index (Phi) is 8.26. The van der Waals surface area contributed by atoms with Crippen LogP contribution in [-0.4, -0.2) is 32.9 Å². The Balaban J connectivity index is 2.36. The number of rotatable bonds is 10. The first-order valence-corrected chi connectivity index (χ1v) is 7.24. The molecule has 1 N–H and O–H groups in total. The molecule has 1 rings (SSSR count). The van der Waals surface area contributed by atoms with E-state index in [4.69, 9.17) is 9.47 Å². The van der Waals surface area contributed by atoms with Gasteiger partial charge in [0.2, 0.25) is 0 Å². The molecule has 1 aromatic carbocycles. The fourth-order valence-corrected chi connectivity index (χ4v) is 2.04. The molecule has 0 bridgehead atoms. The molecule has 3 heteroatoms. The lowest BCUT2D eigenvalue weighted by atomic mass is 10.1. The normalized spacial score (nSPS) is 12.4. The topological polar surface area (TPSA) is 30.5 Å². The van der Waals surface area contributed by atoms with E-state index in [-0.39, 0.29) is 0 Å². The molecule has 0 saturated heterocycles. The van der Waals surface area contributed by atoms with Gasteiger partial charge in [0.1, 0.15) is 5.75 Å². The number of benzene rings is 1. The van der Waals surface area contributed by atoms with E-state index >= 15 is 0 Å². The molecule has 19 heavy (non-hydrogen) atoms. The van der Waals surface area contributed by atoms with Gasteiger partial charge in [-0.15, -0.1) is 0 Å². The molecule has 0 heterocycles. The van der Waals surface area contributed by atoms with Gasteiger partial charge in [-0.1, -0.05) is 26.0 Å². The highest BCUT2D eigenvalue weighted by atomic mass is 16.5. The van der Waals surface area contributed by atoms with E-state index in [0.717, 1.165) is 44.8 Å². The van der Waals surface area contributed by atoms with Crippen molar-refractivity contribution in [2.24, 2.45) is 0 Å². The molecule has 1 unspecified atom stereocenters. The fourth-order valence-electron chi connectivity index (χ4n) is 2.04. The number of ether oxygens (including phenoxy) is 2. The molecule has 0 amide bonds. The van der Waals surface area contributed by atoms with Gasteiger partial charge in [-0.3, -0.25) is 0 Å². The average Bonchev–Trinajstić information content (AvgIpc) is 2.45. The molecule has 0 saturated carbocycles. The second-order valence-corrected chi connectivity index (χ2v) is 4.72. The summed E-state index contributed by atoms with van der Waals surface area (Å²) in [5.41, 5.74) is 1.35. The minimum Gasteiger partial charge on any atom is -0.497 e. The Morgan fingerprint density at radius 1 is 1.16 bits per heavy atom.